The normalized spacial score (nSPS) is 15.1. The number of hydrogen-bond donors (Lipinski definition) is 4. The molecule has 59 heavy (non-hydrogen) atoms. The van der Waals surface area contributed by atoms with Crippen LogP contribution in [-0.4, -0.2) is 88.1 Å². The average molecular weight is 882 g/mol. The number of rotatable bonds is 21. The van der Waals surface area contributed by atoms with Crippen molar-refractivity contribution in [3.05, 3.63) is 36.4 Å². The molecule has 4 N–H and O–H groups in total. The highest BCUT2D eigenvalue weighted by Crippen LogP contribution is 2.46. The molecule has 17 nitrogen and oxygen atoms in total. The number of carbonyl (C=O) groups is 4. The van der Waals surface area contributed by atoms with Gasteiger partial charge in [-0.1, -0.05) is 39.0 Å². The van der Waals surface area contributed by atoms with Gasteiger partial charge in [0.15, 0.2) is 0 Å². The lowest BCUT2D eigenvalue weighted by Gasteiger charge is -2.37. The topological polar surface area (TPSA) is 255 Å². The van der Waals surface area contributed by atoms with Crippen LogP contribution in [0.4, 0.5) is 0 Å². The summed E-state index contributed by atoms with van der Waals surface area (Å²) in [6.07, 6.45) is 0.741. The number of benzene rings is 4. The predicted octanol–water partition coefficient (Wildman–Crippen LogP) is 4.41. The van der Waals surface area contributed by atoms with Crippen LogP contribution in [-0.2, 0) is 58.7 Å². The third-order valence-electron chi connectivity index (χ3n) is 10.6. The summed E-state index contributed by atoms with van der Waals surface area (Å²) < 4.78 is 105. The first kappa shape index (κ1) is 47.2. The number of aliphatic carboxylic acids is 1. The van der Waals surface area contributed by atoms with Crippen molar-refractivity contribution in [2.45, 2.75) is 88.3 Å². The Balaban J connectivity index is 1.75. The minimum absolute atomic E-state index is 0.00461. The maximum Gasteiger partial charge on any atom is 0.311 e. The van der Waals surface area contributed by atoms with E-state index in [0.29, 0.717) is 6.42 Å². The van der Waals surface area contributed by atoms with E-state index in [2.05, 4.69) is 14.2 Å². The maximum absolute atomic E-state index is 14.1. The van der Waals surface area contributed by atoms with Crippen molar-refractivity contribution >= 4 is 86.3 Å². The monoisotopic (exact) mass is 881 g/mol. The molecule has 4 aromatic carbocycles. The third kappa shape index (κ3) is 9.62. The molecule has 0 aromatic heterocycles. The van der Waals surface area contributed by atoms with Crippen molar-refractivity contribution < 1.29 is 63.7 Å². The van der Waals surface area contributed by atoms with Gasteiger partial charge in [0.05, 0.1) is 38.0 Å². The van der Waals surface area contributed by atoms with E-state index in [9.17, 15) is 49.5 Å². The van der Waals surface area contributed by atoms with E-state index in [1.165, 1.54) is 31.3 Å². The lowest BCUT2D eigenvalue weighted by atomic mass is 9.67. The Kier molecular flexibility index (Phi) is 14.4. The molecule has 0 saturated carbocycles. The fraction of sp³-hybridized carbons (Fsp3) is 0.487. The first-order valence-corrected chi connectivity index (χ1v) is 23.3. The Morgan fingerprint density at radius 3 is 1.66 bits per heavy atom. The molecule has 4 rings (SSSR count). The van der Waals surface area contributed by atoms with Crippen LogP contribution in [0.15, 0.2) is 51.1 Å². The summed E-state index contributed by atoms with van der Waals surface area (Å²) in [4.78, 5) is 49.8. The van der Waals surface area contributed by atoms with Gasteiger partial charge in [0.25, 0.3) is 0 Å². The smallest absolute Gasteiger partial charge is 0.311 e. The van der Waals surface area contributed by atoms with Crippen LogP contribution in [0, 0.1) is 16.7 Å². The van der Waals surface area contributed by atoms with Gasteiger partial charge in [-0.05, 0) is 72.2 Å². The molecule has 0 aliphatic rings. The van der Waals surface area contributed by atoms with E-state index in [4.69, 9.17) is 14.2 Å². The molecule has 0 fully saturated rings. The van der Waals surface area contributed by atoms with Gasteiger partial charge in [-0.3, -0.25) is 19.2 Å². The summed E-state index contributed by atoms with van der Waals surface area (Å²) in [6.45, 7) is 8.59. The number of hydrogen-bond acceptors (Lipinski definition) is 13. The first-order valence-electron chi connectivity index (χ1n) is 18.9. The van der Waals surface area contributed by atoms with Crippen molar-refractivity contribution in [2.24, 2.45) is 16.7 Å². The zero-order valence-electron chi connectivity index (χ0n) is 34.2. The van der Waals surface area contributed by atoms with E-state index in [1.807, 2.05) is 6.92 Å². The van der Waals surface area contributed by atoms with Gasteiger partial charge in [0.1, 0.15) is 12.4 Å². The molecular formula is C39H51N3O14S3. The number of carboxylic acid groups (broad SMARTS) is 1. The van der Waals surface area contributed by atoms with Gasteiger partial charge >= 0.3 is 23.9 Å². The standard InChI is InChI=1S/C39H51N3O14S3/c1-9-17-54-37(47)39(6,21-24(10-2)35(44)45)22-38(5,11-3)36(46)55-18-16-42-59(52,53)32-20-31(58(50,51)41-8)27-13-12-25-29(56-23(4)43)19-30(57(48,49)40-7)26-14-15-28(32)34(27)33(25)26/h12-15,19-20,24,40-42H,9-11,16-18,21-22H2,1-8H3,(H,44,45). The number of ether oxygens (including phenoxy) is 3. The fourth-order valence-electron chi connectivity index (χ4n) is 7.31. The van der Waals surface area contributed by atoms with Gasteiger partial charge < -0.3 is 19.3 Å². The van der Waals surface area contributed by atoms with Crippen LogP contribution >= 0.6 is 0 Å². The van der Waals surface area contributed by atoms with E-state index >= 15 is 0 Å². The molecule has 0 aliphatic heterocycles. The Labute approximate surface area is 344 Å². The van der Waals surface area contributed by atoms with E-state index < -0.39 is 93.6 Å². The number of sulfonamides is 3. The summed E-state index contributed by atoms with van der Waals surface area (Å²) in [6, 6.07) is 7.68. The van der Waals surface area contributed by atoms with Gasteiger partial charge in [-0.15, -0.1) is 0 Å². The molecule has 324 valence electrons. The molecule has 0 amide bonds. The van der Waals surface area contributed by atoms with Crippen LogP contribution in [0.2, 0.25) is 0 Å². The van der Waals surface area contributed by atoms with Gasteiger partial charge in [0, 0.05) is 51.9 Å². The van der Waals surface area contributed by atoms with Crippen LogP contribution < -0.4 is 18.9 Å². The van der Waals surface area contributed by atoms with Gasteiger partial charge in [-0.2, -0.15) is 0 Å². The molecule has 0 saturated heterocycles. The summed E-state index contributed by atoms with van der Waals surface area (Å²) in [5.74, 6) is -4.32. The summed E-state index contributed by atoms with van der Waals surface area (Å²) in [5, 5.41) is 10.3. The highest BCUT2D eigenvalue weighted by atomic mass is 32.2. The third-order valence-corrected chi connectivity index (χ3v) is 15.0. The average Bonchev–Trinajstić information content (AvgIpc) is 3.18. The molecule has 0 radical (unpaired) electrons. The van der Waals surface area contributed by atoms with Crippen molar-refractivity contribution in [1.29, 1.82) is 0 Å². The molecule has 0 bridgehead atoms. The lowest BCUT2D eigenvalue weighted by molar-refractivity contribution is -0.165. The Bertz CT molecular complexity index is 2610. The Hall–Kier alpha value is -4.47. The Morgan fingerprint density at radius 2 is 1.19 bits per heavy atom. The van der Waals surface area contributed by atoms with Crippen molar-refractivity contribution in [2.75, 3.05) is 33.9 Å². The summed E-state index contributed by atoms with van der Waals surface area (Å²) in [7, 11) is -10.9. The van der Waals surface area contributed by atoms with E-state index in [0.717, 1.165) is 26.1 Å². The number of nitrogens with one attached hydrogen (secondary N) is 3. The first-order chi connectivity index (χ1) is 27.5. The molecule has 0 heterocycles. The molecule has 4 aromatic rings. The maximum atomic E-state index is 14.1. The zero-order chi connectivity index (χ0) is 44.3. The number of carbonyl (C=O) groups excluding carboxylic acids is 3. The summed E-state index contributed by atoms with van der Waals surface area (Å²) in [5.41, 5.74) is -2.69. The minimum atomic E-state index is -4.63. The van der Waals surface area contributed by atoms with Gasteiger partial charge in [-0.25, -0.2) is 39.4 Å². The fourth-order valence-corrected chi connectivity index (χ4v) is 10.5. The zero-order valence-corrected chi connectivity index (χ0v) is 36.6. The molecule has 0 spiro atoms. The SMILES string of the molecule is CCCOC(=O)C(C)(CC(CC)C(=O)O)CC(C)(CC)C(=O)OCCNS(=O)(=O)c1cc(S(=O)(=O)NC)c2ccc3c(OC(C)=O)cc(S(=O)(=O)NC)c4ccc1c2c34. The van der Waals surface area contributed by atoms with E-state index in [1.54, 1.807) is 27.7 Å². The molecule has 20 heteroatoms. The highest BCUT2D eigenvalue weighted by Gasteiger charge is 2.47. The van der Waals surface area contributed by atoms with Gasteiger partial charge in [0.2, 0.25) is 30.1 Å². The van der Waals surface area contributed by atoms with Crippen LogP contribution in [0.3, 0.4) is 0 Å². The number of esters is 3. The highest BCUT2D eigenvalue weighted by molar-refractivity contribution is 7.90. The second-order valence-electron chi connectivity index (χ2n) is 14.8. The van der Waals surface area contributed by atoms with Crippen molar-refractivity contribution in [3.63, 3.8) is 0 Å². The Morgan fingerprint density at radius 1 is 0.712 bits per heavy atom. The predicted molar refractivity (Wildman–Crippen MR) is 218 cm³/mol. The molecule has 3 unspecified atom stereocenters. The second-order valence-corrected chi connectivity index (χ2v) is 20.2. The van der Waals surface area contributed by atoms with E-state index in [-0.39, 0.29) is 75.3 Å². The summed E-state index contributed by atoms with van der Waals surface area (Å²) >= 11 is 0. The number of carboxylic acids is 1. The molecular weight excluding hydrogens is 831 g/mol. The largest absolute Gasteiger partial charge is 0.481 e. The minimum Gasteiger partial charge on any atom is -0.481 e. The molecule has 3 atom stereocenters. The molecule has 0 aliphatic carbocycles. The quantitative estimate of drug-likeness (QED) is 0.0392. The second kappa shape index (κ2) is 18.0. The van der Waals surface area contributed by atoms with Crippen molar-refractivity contribution in [3.8, 4) is 5.75 Å². The van der Waals surface area contributed by atoms with Crippen LogP contribution in [0.5, 0.6) is 5.75 Å². The van der Waals surface area contributed by atoms with Crippen LogP contribution in [0.25, 0.3) is 32.3 Å². The van der Waals surface area contributed by atoms with Crippen molar-refractivity contribution in [1.82, 2.24) is 14.2 Å². The van der Waals surface area contributed by atoms with Crippen LogP contribution in [0.1, 0.15) is 73.6 Å². The lowest BCUT2D eigenvalue weighted by Crippen LogP contribution is -2.42.